The fraction of sp³-hybridized carbons (Fsp3) is 0.833. The van der Waals surface area contributed by atoms with Crippen molar-refractivity contribution in [1.29, 1.82) is 0 Å². The number of piperazine rings is 1. The first-order valence-corrected chi connectivity index (χ1v) is 6.47. The average molecular weight is 258 g/mol. The van der Waals surface area contributed by atoms with Crippen LogP contribution in [0.5, 0.6) is 0 Å². The number of halogens is 2. The van der Waals surface area contributed by atoms with Gasteiger partial charge in [0.15, 0.2) is 0 Å². The van der Waals surface area contributed by atoms with Gasteiger partial charge in [0, 0.05) is 0 Å². The van der Waals surface area contributed by atoms with E-state index < -0.39 is 25.1 Å². The van der Waals surface area contributed by atoms with E-state index in [4.69, 9.17) is 0 Å². The van der Waals surface area contributed by atoms with Gasteiger partial charge in [-0.25, -0.2) is 8.78 Å². The molecule has 2 unspecified atom stereocenters. The predicted molar refractivity (Wildman–Crippen MR) is 58.9 cm³/mol. The Labute approximate surface area is 104 Å². The maximum absolute atomic E-state index is 12.6. The number of carbonyl (C=O) groups excluding carboxylic acids is 2. The summed E-state index contributed by atoms with van der Waals surface area (Å²) >= 11 is 0. The van der Waals surface area contributed by atoms with Crippen LogP contribution in [0.4, 0.5) is 8.78 Å². The number of nitrogens with zero attached hydrogens (tertiary/aromatic N) is 1. The number of nitrogens with one attached hydrogen (secondary N) is 1. The zero-order valence-corrected chi connectivity index (χ0v) is 9.94. The second kappa shape index (κ2) is 4.17. The van der Waals surface area contributed by atoms with Gasteiger partial charge < -0.3 is 10.2 Å². The zero-order chi connectivity index (χ0) is 12.9. The second-order valence-electron chi connectivity index (χ2n) is 5.49. The molecule has 2 aliphatic carbocycles. The maximum atomic E-state index is 12.6. The third kappa shape index (κ3) is 2.08. The molecule has 3 fully saturated rings. The molecular formula is C12H16F2N2O2. The van der Waals surface area contributed by atoms with E-state index in [2.05, 4.69) is 5.32 Å². The number of rotatable bonds is 4. The molecule has 1 heterocycles. The van der Waals surface area contributed by atoms with Gasteiger partial charge in [-0.2, -0.15) is 0 Å². The van der Waals surface area contributed by atoms with E-state index >= 15 is 0 Å². The third-order valence-electron chi connectivity index (χ3n) is 3.95. The highest BCUT2D eigenvalue weighted by molar-refractivity contribution is 5.97. The normalized spacial score (nSPS) is 32.9. The van der Waals surface area contributed by atoms with Gasteiger partial charge in [-0.3, -0.25) is 9.59 Å². The molecule has 2 amide bonds. The van der Waals surface area contributed by atoms with Crippen LogP contribution in [0.3, 0.4) is 0 Å². The van der Waals surface area contributed by atoms with Crippen molar-refractivity contribution >= 4 is 11.8 Å². The lowest BCUT2D eigenvalue weighted by Gasteiger charge is -2.39. The molecule has 18 heavy (non-hydrogen) atoms. The van der Waals surface area contributed by atoms with Crippen LogP contribution in [0, 0.1) is 11.8 Å². The zero-order valence-electron chi connectivity index (χ0n) is 9.94. The van der Waals surface area contributed by atoms with Gasteiger partial charge in [-0.05, 0) is 37.5 Å². The first-order valence-electron chi connectivity index (χ1n) is 6.47. The van der Waals surface area contributed by atoms with Gasteiger partial charge in [-0.15, -0.1) is 0 Å². The summed E-state index contributed by atoms with van der Waals surface area (Å²) < 4.78 is 25.2. The lowest BCUT2D eigenvalue weighted by atomic mass is 10.0. The third-order valence-corrected chi connectivity index (χ3v) is 3.95. The minimum Gasteiger partial charge on any atom is -0.342 e. The van der Waals surface area contributed by atoms with Crippen LogP contribution in [-0.4, -0.2) is 41.8 Å². The molecule has 0 radical (unpaired) electrons. The molecular weight excluding hydrogens is 242 g/mol. The largest absolute Gasteiger partial charge is 0.342 e. The minimum absolute atomic E-state index is 0.0767. The van der Waals surface area contributed by atoms with Gasteiger partial charge in [-0.1, -0.05) is 0 Å². The molecule has 1 aliphatic heterocycles. The lowest BCUT2D eigenvalue weighted by molar-refractivity contribution is -0.153. The molecule has 2 atom stereocenters. The molecule has 0 aromatic heterocycles. The van der Waals surface area contributed by atoms with E-state index in [-0.39, 0.29) is 23.7 Å². The fourth-order valence-electron chi connectivity index (χ4n) is 2.74. The summed E-state index contributed by atoms with van der Waals surface area (Å²) in [7, 11) is 0. The number of alkyl halides is 2. The number of amides is 2. The van der Waals surface area contributed by atoms with Crippen LogP contribution in [0.25, 0.3) is 0 Å². The predicted octanol–water partition coefficient (Wildman–Crippen LogP) is 0.767. The summed E-state index contributed by atoms with van der Waals surface area (Å²) in [5.74, 6) is -0.321. The molecule has 100 valence electrons. The van der Waals surface area contributed by atoms with Crippen LogP contribution in [-0.2, 0) is 9.59 Å². The first-order chi connectivity index (χ1) is 8.58. The molecule has 1 saturated heterocycles. The summed E-state index contributed by atoms with van der Waals surface area (Å²) in [6.45, 7) is -0.614. The van der Waals surface area contributed by atoms with Gasteiger partial charge >= 0.3 is 0 Å². The summed E-state index contributed by atoms with van der Waals surface area (Å²) in [6.07, 6.45) is 0.903. The Morgan fingerprint density at radius 3 is 2.28 bits per heavy atom. The standard InChI is InChI=1S/C12H16F2N2O2/c13-8(14)5-16-10(7-3-4-7)11(17)15-9(12(16)18)6-1-2-6/h6-10H,1-5H2,(H,15,17). The molecule has 0 aromatic rings. The molecule has 4 nitrogen and oxygen atoms in total. The molecule has 3 aliphatic rings. The molecule has 0 spiro atoms. The van der Waals surface area contributed by atoms with E-state index in [1.165, 1.54) is 0 Å². The van der Waals surface area contributed by atoms with Crippen molar-refractivity contribution in [3.05, 3.63) is 0 Å². The molecule has 0 bridgehead atoms. The number of carbonyl (C=O) groups is 2. The summed E-state index contributed by atoms with van der Waals surface area (Å²) in [5, 5.41) is 2.73. The van der Waals surface area contributed by atoms with Gasteiger partial charge in [0.2, 0.25) is 11.8 Å². The van der Waals surface area contributed by atoms with Crippen LogP contribution in [0.1, 0.15) is 25.7 Å². The Kier molecular flexibility index (Phi) is 2.75. The van der Waals surface area contributed by atoms with Gasteiger partial charge in [0.25, 0.3) is 6.43 Å². The Morgan fingerprint density at radius 1 is 1.17 bits per heavy atom. The minimum atomic E-state index is -2.58. The van der Waals surface area contributed by atoms with Crippen molar-refractivity contribution in [2.75, 3.05) is 6.54 Å². The molecule has 2 saturated carbocycles. The van der Waals surface area contributed by atoms with Crippen LogP contribution in [0.15, 0.2) is 0 Å². The summed E-state index contributed by atoms with van der Waals surface area (Å²) in [6, 6.07) is -1.23. The highest BCUT2D eigenvalue weighted by Crippen LogP contribution is 2.40. The molecule has 3 rings (SSSR count). The van der Waals surface area contributed by atoms with Gasteiger partial charge in [0.1, 0.15) is 12.1 Å². The first kappa shape index (κ1) is 11.9. The average Bonchev–Trinajstić information content (AvgIpc) is 3.13. The molecule has 0 aromatic carbocycles. The smallest absolute Gasteiger partial charge is 0.255 e. The van der Waals surface area contributed by atoms with Crippen molar-refractivity contribution in [3.63, 3.8) is 0 Å². The van der Waals surface area contributed by atoms with Crippen LogP contribution < -0.4 is 5.32 Å². The van der Waals surface area contributed by atoms with Crippen molar-refractivity contribution in [3.8, 4) is 0 Å². The summed E-state index contributed by atoms with van der Waals surface area (Å²) in [4.78, 5) is 25.3. The second-order valence-corrected chi connectivity index (χ2v) is 5.49. The van der Waals surface area contributed by atoms with Crippen LogP contribution >= 0.6 is 0 Å². The molecule has 1 N–H and O–H groups in total. The van der Waals surface area contributed by atoms with Crippen molar-refractivity contribution in [2.45, 2.75) is 44.2 Å². The lowest BCUT2D eigenvalue weighted by Crippen LogP contribution is -2.65. The topological polar surface area (TPSA) is 49.4 Å². The SMILES string of the molecule is O=C1NC(C2CC2)C(=O)N(CC(F)F)C1C1CC1. The van der Waals surface area contributed by atoms with Gasteiger partial charge in [0.05, 0.1) is 6.54 Å². The maximum Gasteiger partial charge on any atom is 0.255 e. The van der Waals surface area contributed by atoms with E-state index in [0.29, 0.717) is 0 Å². The summed E-state index contributed by atoms with van der Waals surface area (Å²) in [5.41, 5.74) is 0. The quantitative estimate of drug-likeness (QED) is 0.809. The molecule has 6 heteroatoms. The van der Waals surface area contributed by atoms with Crippen molar-refractivity contribution < 1.29 is 18.4 Å². The Balaban J connectivity index is 1.81. The Morgan fingerprint density at radius 2 is 1.78 bits per heavy atom. The van der Waals surface area contributed by atoms with Crippen molar-refractivity contribution in [1.82, 2.24) is 10.2 Å². The fourth-order valence-corrected chi connectivity index (χ4v) is 2.74. The number of hydrogen-bond acceptors (Lipinski definition) is 2. The highest BCUT2D eigenvalue weighted by Gasteiger charge is 2.51. The monoisotopic (exact) mass is 258 g/mol. The Bertz CT molecular complexity index is 380. The van der Waals surface area contributed by atoms with E-state index in [0.717, 1.165) is 30.6 Å². The number of hydrogen-bond donors (Lipinski definition) is 1. The Hall–Kier alpha value is -1.20. The highest BCUT2D eigenvalue weighted by atomic mass is 19.3. The van der Waals surface area contributed by atoms with Crippen molar-refractivity contribution in [2.24, 2.45) is 11.8 Å². The van der Waals surface area contributed by atoms with E-state index in [1.807, 2.05) is 0 Å². The van der Waals surface area contributed by atoms with Crippen LogP contribution in [0.2, 0.25) is 0 Å². The van der Waals surface area contributed by atoms with E-state index in [9.17, 15) is 18.4 Å². The van der Waals surface area contributed by atoms with E-state index in [1.54, 1.807) is 0 Å².